The number of carbonyl (C=O) groups excluding carboxylic acids is 1. The SMILES string of the molecule is CCC(=O)N1N=C(c2ccc(N)cc2)CC1c1ccccc1F.CS. The van der Waals surface area contributed by atoms with Gasteiger partial charge < -0.3 is 5.73 Å². The summed E-state index contributed by atoms with van der Waals surface area (Å²) in [7, 11) is 0. The van der Waals surface area contributed by atoms with E-state index in [-0.39, 0.29) is 11.7 Å². The fourth-order valence-corrected chi connectivity index (χ4v) is 2.74. The van der Waals surface area contributed by atoms with Gasteiger partial charge in [0, 0.05) is 24.1 Å². The van der Waals surface area contributed by atoms with E-state index in [1.165, 1.54) is 11.1 Å². The highest BCUT2D eigenvalue weighted by Crippen LogP contribution is 2.34. The minimum atomic E-state index is -0.406. The number of thiol groups is 1. The molecule has 0 aromatic heterocycles. The molecule has 1 heterocycles. The number of halogens is 1. The first-order valence-electron chi connectivity index (χ1n) is 8.04. The van der Waals surface area contributed by atoms with Crippen LogP contribution in [0.5, 0.6) is 0 Å². The van der Waals surface area contributed by atoms with Gasteiger partial charge in [0.05, 0.1) is 11.8 Å². The molecule has 0 aliphatic carbocycles. The van der Waals surface area contributed by atoms with E-state index in [2.05, 4.69) is 17.7 Å². The Kier molecular flexibility index (Phi) is 6.58. The predicted octanol–water partition coefficient (Wildman–Crippen LogP) is 4.04. The van der Waals surface area contributed by atoms with Crippen molar-refractivity contribution in [2.24, 2.45) is 5.10 Å². The topological polar surface area (TPSA) is 58.7 Å². The van der Waals surface area contributed by atoms with Crippen LogP contribution in [0.2, 0.25) is 0 Å². The third-order valence-electron chi connectivity index (χ3n) is 3.98. The highest BCUT2D eigenvalue weighted by atomic mass is 32.1. The zero-order chi connectivity index (χ0) is 18.4. The van der Waals surface area contributed by atoms with E-state index in [0.29, 0.717) is 24.1 Å². The Morgan fingerprint density at radius 1 is 1.24 bits per heavy atom. The molecule has 0 radical (unpaired) electrons. The first-order valence-corrected chi connectivity index (χ1v) is 8.94. The fourth-order valence-electron chi connectivity index (χ4n) is 2.74. The quantitative estimate of drug-likeness (QED) is 0.642. The van der Waals surface area contributed by atoms with Crippen LogP contribution in [0.4, 0.5) is 10.1 Å². The summed E-state index contributed by atoms with van der Waals surface area (Å²) in [6.45, 7) is 1.78. The lowest BCUT2D eigenvalue weighted by molar-refractivity contribution is -0.132. The standard InChI is InChI=1S/C18H18FN3O.CH4S/c1-2-18(23)22-17(14-5-3-4-6-15(14)19)11-16(21-22)12-7-9-13(20)10-8-12;1-2/h3-10,17H,2,11,20H2,1H3;2H,1H3. The van der Waals surface area contributed by atoms with Crippen LogP contribution in [-0.2, 0) is 4.79 Å². The van der Waals surface area contributed by atoms with Crippen LogP contribution >= 0.6 is 12.6 Å². The van der Waals surface area contributed by atoms with E-state index in [1.807, 2.05) is 12.1 Å². The molecule has 132 valence electrons. The number of carbonyl (C=O) groups is 1. The smallest absolute Gasteiger partial charge is 0.242 e. The number of hydrogen-bond acceptors (Lipinski definition) is 4. The molecule has 2 aromatic rings. The van der Waals surface area contributed by atoms with Gasteiger partial charge >= 0.3 is 0 Å². The summed E-state index contributed by atoms with van der Waals surface area (Å²) >= 11 is 3.53. The van der Waals surface area contributed by atoms with Gasteiger partial charge in [0.15, 0.2) is 0 Å². The van der Waals surface area contributed by atoms with Crippen molar-refractivity contribution < 1.29 is 9.18 Å². The molecule has 1 atom stereocenters. The van der Waals surface area contributed by atoms with Crippen molar-refractivity contribution in [1.82, 2.24) is 5.01 Å². The molecule has 1 unspecified atom stereocenters. The van der Waals surface area contributed by atoms with Crippen molar-refractivity contribution in [3.05, 3.63) is 65.5 Å². The number of hydrazone groups is 1. The van der Waals surface area contributed by atoms with Crippen molar-refractivity contribution in [2.75, 3.05) is 12.0 Å². The first kappa shape index (κ1) is 19.0. The molecule has 2 aromatic carbocycles. The van der Waals surface area contributed by atoms with Gasteiger partial charge in [-0.2, -0.15) is 17.7 Å². The van der Waals surface area contributed by atoms with E-state index < -0.39 is 6.04 Å². The Bertz CT molecular complexity index is 762. The van der Waals surface area contributed by atoms with E-state index in [1.54, 1.807) is 43.5 Å². The minimum absolute atomic E-state index is 0.122. The predicted molar refractivity (Wildman–Crippen MR) is 103 cm³/mol. The molecule has 0 bridgehead atoms. The van der Waals surface area contributed by atoms with Crippen molar-refractivity contribution in [1.29, 1.82) is 0 Å². The molecule has 6 heteroatoms. The molecule has 1 aliphatic heterocycles. The van der Waals surface area contributed by atoms with Crippen molar-refractivity contribution in [3.63, 3.8) is 0 Å². The van der Waals surface area contributed by atoms with E-state index in [0.717, 1.165) is 11.3 Å². The molecule has 25 heavy (non-hydrogen) atoms. The van der Waals surface area contributed by atoms with Gasteiger partial charge in [0.25, 0.3) is 0 Å². The molecular weight excluding hydrogens is 337 g/mol. The largest absolute Gasteiger partial charge is 0.399 e. The van der Waals surface area contributed by atoms with Crippen LogP contribution in [-0.4, -0.2) is 22.9 Å². The van der Waals surface area contributed by atoms with Crippen LogP contribution in [0.3, 0.4) is 0 Å². The Balaban J connectivity index is 0.00000109. The molecule has 0 saturated heterocycles. The number of nitrogens with zero attached hydrogens (tertiary/aromatic N) is 2. The third kappa shape index (κ3) is 4.20. The number of hydrogen-bond donors (Lipinski definition) is 2. The Morgan fingerprint density at radius 2 is 1.88 bits per heavy atom. The normalized spacial score (nSPS) is 16.1. The molecular formula is C19H22FN3OS. The van der Waals surface area contributed by atoms with Crippen LogP contribution in [0, 0.1) is 5.82 Å². The molecule has 0 fully saturated rings. The maximum Gasteiger partial charge on any atom is 0.242 e. The van der Waals surface area contributed by atoms with E-state index in [4.69, 9.17) is 5.73 Å². The summed E-state index contributed by atoms with van der Waals surface area (Å²) in [4.78, 5) is 12.2. The van der Waals surface area contributed by atoms with Crippen molar-refractivity contribution >= 4 is 29.9 Å². The zero-order valence-electron chi connectivity index (χ0n) is 14.3. The summed E-state index contributed by atoms with van der Waals surface area (Å²) in [5, 5.41) is 5.86. The summed E-state index contributed by atoms with van der Waals surface area (Å²) in [6.07, 6.45) is 2.50. The van der Waals surface area contributed by atoms with E-state index >= 15 is 0 Å². The maximum atomic E-state index is 14.2. The van der Waals surface area contributed by atoms with Gasteiger partial charge in [0.1, 0.15) is 5.82 Å². The number of rotatable bonds is 3. The van der Waals surface area contributed by atoms with Gasteiger partial charge in [-0.05, 0) is 30.0 Å². The van der Waals surface area contributed by atoms with Gasteiger partial charge in [-0.3, -0.25) is 4.79 Å². The monoisotopic (exact) mass is 359 g/mol. The first-order chi connectivity index (χ1) is 12.1. The van der Waals surface area contributed by atoms with Crippen molar-refractivity contribution in [2.45, 2.75) is 25.8 Å². The lowest BCUT2D eigenvalue weighted by atomic mass is 9.98. The number of nitrogen functional groups attached to an aromatic ring is 1. The highest BCUT2D eigenvalue weighted by Gasteiger charge is 2.33. The van der Waals surface area contributed by atoms with Gasteiger partial charge in [-0.25, -0.2) is 9.40 Å². The lowest BCUT2D eigenvalue weighted by Crippen LogP contribution is -2.26. The summed E-state index contributed by atoms with van der Waals surface area (Å²) in [6, 6.07) is 13.4. The minimum Gasteiger partial charge on any atom is -0.399 e. The fraction of sp³-hybridized carbons (Fsp3) is 0.263. The highest BCUT2D eigenvalue weighted by molar-refractivity contribution is 7.79. The average Bonchev–Trinajstić information content (AvgIpc) is 3.09. The van der Waals surface area contributed by atoms with Crippen LogP contribution < -0.4 is 5.73 Å². The Hall–Kier alpha value is -2.34. The second-order valence-electron chi connectivity index (χ2n) is 5.50. The maximum absolute atomic E-state index is 14.2. The number of anilines is 1. The van der Waals surface area contributed by atoms with Gasteiger partial charge in [0.2, 0.25) is 5.91 Å². The molecule has 3 rings (SSSR count). The molecule has 2 N–H and O–H groups in total. The summed E-state index contributed by atoms with van der Waals surface area (Å²) < 4.78 is 14.2. The van der Waals surface area contributed by atoms with Crippen LogP contribution in [0.15, 0.2) is 53.6 Å². The third-order valence-corrected chi connectivity index (χ3v) is 3.98. The summed E-state index contributed by atoms with van der Waals surface area (Å²) in [5.41, 5.74) is 8.52. The molecule has 4 nitrogen and oxygen atoms in total. The van der Waals surface area contributed by atoms with Gasteiger partial charge in [-0.15, -0.1) is 0 Å². The number of amides is 1. The van der Waals surface area contributed by atoms with Crippen molar-refractivity contribution in [3.8, 4) is 0 Å². The Morgan fingerprint density at radius 3 is 2.48 bits per heavy atom. The van der Waals surface area contributed by atoms with Gasteiger partial charge in [-0.1, -0.05) is 37.3 Å². The molecule has 1 aliphatic rings. The summed E-state index contributed by atoms with van der Waals surface area (Å²) in [5.74, 6) is -0.441. The lowest BCUT2D eigenvalue weighted by Gasteiger charge is -2.21. The molecule has 0 saturated carbocycles. The van der Waals surface area contributed by atoms with Crippen LogP contribution in [0.25, 0.3) is 0 Å². The zero-order valence-corrected chi connectivity index (χ0v) is 15.2. The average molecular weight is 359 g/mol. The van der Waals surface area contributed by atoms with E-state index in [9.17, 15) is 9.18 Å². The number of nitrogens with two attached hydrogens (primary N) is 1. The Labute approximate surface area is 152 Å². The number of benzene rings is 2. The second kappa shape index (κ2) is 8.67. The van der Waals surface area contributed by atoms with Crippen LogP contribution in [0.1, 0.15) is 36.9 Å². The molecule has 0 spiro atoms. The second-order valence-corrected chi connectivity index (χ2v) is 5.50. The molecule has 1 amide bonds.